The molecule has 15 heavy (non-hydrogen) atoms. The van der Waals surface area contributed by atoms with Gasteiger partial charge in [-0.2, -0.15) is 0 Å². The van der Waals surface area contributed by atoms with Crippen LogP contribution in [0.15, 0.2) is 18.2 Å². The maximum atomic E-state index is 10.8. The summed E-state index contributed by atoms with van der Waals surface area (Å²) < 4.78 is 0. The fraction of sp³-hybridized carbons (Fsp3) is 0.182. The van der Waals surface area contributed by atoms with Gasteiger partial charge in [-0.3, -0.25) is 0 Å². The minimum absolute atomic E-state index is 0.179. The molecule has 0 saturated carbocycles. The summed E-state index contributed by atoms with van der Waals surface area (Å²) in [5.74, 6) is -1.52. The van der Waals surface area contributed by atoms with Crippen molar-refractivity contribution in [1.29, 1.82) is 0 Å². The Bertz CT molecular complexity index is 407. The van der Waals surface area contributed by atoms with Crippen LogP contribution in [0.25, 0.3) is 0 Å². The second-order valence-electron chi connectivity index (χ2n) is 3.37. The molecule has 0 aromatic heterocycles. The van der Waals surface area contributed by atoms with Crippen LogP contribution in [0.5, 0.6) is 0 Å². The molecule has 0 saturated heterocycles. The van der Waals surface area contributed by atoms with Crippen LogP contribution < -0.4 is 0 Å². The summed E-state index contributed by atoms with van der Waals surface area (Å²) in [5, 5.41) is 17.6. The molecular weight excluding hydrogens is 196 g/mol. The molecule has 0 fully saturated rings. The molecular formula is C11H11O4. The zero-order chi connectivity index (χ0) is 11.6. The fourth-order valence-electron chi connectivity index (χ4n) is 1.22. The Hall–Kier alpha value is -1.84. The van der Waals surface area contributed by atoms with Crippen molar-refractivity contribution in [1.82, 2.24) is 0 Å². The maximum absolute atomic E-state index is 10.8. The molecule has 0 bridgehead atoms. The van der Waals surface area contributed by atoms with Crippen molar-refractivity contribution in [3.05, 3.63) is 40.8 Å². The van der Waals surface area contributed by atoms with Gasteiger partial charge < -0.3 is 10.2 Å². The summed E-state index contributed by atoms with van der Waals surface area (Å²) in [5.41, 5.74) is 0.367. The van der Waals surface area contributed by atoms with E-state index in [1.165, 1.54) is 12.1 Å². The van der Waals surface area contributed by atoms with Crippen molar-refractivity contribution in [2.75, 3.05) is 0 Å². The fourth-order valence-corrected chi connectivity index (χ4v) is 1.22. The zero-order valence-electron chi connectivity index (χ0n) is 8.44. The Kier molecular flexibility index (Phi) is 3.09. The van der Waals surface area contributed by atoms with Crippen molar-refractivity contribution in [2.45, 2.75) is 13.8 Å². The lowest BCUT2D eigenvalue weighted by atomic mass is 9.97. The summed E-state index contributed by atoms with van der Waals surface area (Å²) in [6.45, 7) is 3.67. The third-order valence-electron chi connectivity index (χ3n) is 2.06. The molecule has 0 heterocycles. The van der Waals surface area contributed by atoms with Crippen LogP contribution in [-0.2, 0) is 0 Å². The van der Waals surface area contributed by atoms with Crippen LogP contribution in [0.2, 0.25) is 0 Å². The van der Waals surface area contributed by atoms with Crippen LogP contribution >= 0.6 is 0 Å². The van der Waals surface area contributed by atoms with E-state index in [0.29, 0.717) is 0 Å². The predicted octanol–water partition coefficient (Wildman–Crippen LogP) is 2.05. The van der Waals surface area contributed by atoms with Crippen LogP contribution in [-0.4, -0.2) is 22.2 Å². The Morgan fingerprint density at radius 3 is 1.93 bits per heavy atom. The first kappa shape index (κ1) is 11.2. The van der Waals surface area contributed by atoms with Gasteiger partial charge in [-0.05, 0) is 23.6 Å². The average molecular weight is 207 g/mol. The van der Waals surface area contributed by atoms with Gasteiger partial charge in [-0.15, -0.1) is 0 Å². The van der Waals surface area contributed by atoms with E-state index >= 15 is 0 Å². The Morgan fingerprint density at radius 1 is 1.00 bits per heavy atom. The third-order valence-corrected chi connectivity index (χ3v) is 2.06. The van der Waals surface area contributed by atoms with Gasteiger partial charge in [0.15, 0.2) is 0 Å². The molecule has 0 aliphatic heterocycles. The molecule has 0 atom stereocenters. The normalized spacial score (nSPS) is 10.3. The molecule has 0 aliphatic carbocycles. The van der Waals surface area contributed by atoms with Crippen LogP contribution in [0.4, 0.5) is 0 Å². The van der Waals surface area contributed by atoms with E-state index in [-0.39, 0.29) is 11.1 Å². The van der Waals surface area contributed by atoms with Gasteiger partial charge in [-0.25, -0.2) is 9.59 Å². The predicted molar refractivity (Wildman–Crippen MR) is 54.1 cm³/mol. The number of hydrogen-bond donors (Lipinski definition) is 2. The number of aromatic carboxylic acids is 2. The second kappa shape index (κ2) is 4.13. The van der Waals surface area contributed by atoms with Gasteiger partial charge >= 0.3 is 11.9 Å². The molecule has 0 unspecified atom stereocenters. The van der Waals surface area contributed by atoms with Crippen molar-refractivity contribution in [2.24, 2.45) is 0 Å². The quantitative estimate of drug-likeness (QED) is 0.795. The van der Waals surface area contributed by atoms with E-state index in [4.69, 9.17) is 10.2 Å². The topological polar surface area (TPSA) is 74.6 Å². The summed E-state index contributed by atoms with van der Waals surface area (Å²) in [6, 6.07) is 4.29. The maximum Gasteiger partial charge on any atom is 0.336 e. The minimum Gasteiger partial charge on any atom is -0.478 e. The molecule has 1 aromatic carbocycles. The first-order valence-electron chi connectivity index (χ1n) is 4.34. The molecule has 1 radical (unpaired) electrons. The zero-order valence-corrected chi connectivity index (χ0v) is 8.44. The highest BCUT2D eigenvalue weighted by molar-refractivity contribution is 6.01. The lowest BCUT2D eigenvalue weighted by molar-refractivity contribution is 0.0651. The van der Waals surface area contributed by atoms with Crippen LogP contribution in [0.3, 0.4) is 0 Å². The molecule has 0 aliphatic rings. The molecule has 4 nitrogen and oxygen atoms in total. The van der Waals surface area contributed by atoms with Gasteiger partial charge in [-0.1, -0.05) is 19.9 Å². The first-order valence-corrected chi connectivity index (χ1v) is 4.34. The van der Waals surface area contributed by atoms with Crippen molar-refractivity contribution >= 4 is 11.9 Å². The molecule has 0 spiro atoms. The van der Waals surface area contributed by atoms with Gasteiger partial charge in [0.1, 0.15) is 0 Å². The van der Waals surface area contributed by atoms with E-state index in [1.807, 2.05) is 13.8 Å². The Morgan fingerprint density at radius 2 is 1.53 bits per heavy atom. The number of rotatable bonds is 3. The Labute approximate surface area is 87.2 Å². The highest BCUT2D eigenvalue weighted by Crippen LogP contribution is 2.18. The molecule has 1 aromatic rings. The highest BCUT2D eigenvalue weighted by atomic mass is 16.4. The van der Waals surface area contributed by atoms with Crippen molar-refractivity contribution in [3.63, 3.8) is 0 Å². The van der Waals surface area contributed by atoms with E-state index in [1.54, 1.807) is 6.07 Å². The van der Waals surface area contributed by atoms with Gasteiger partial charge in [0.05, 0.1) is 11.1 Å². The van der Waals surface area contributed by atoms with Gasteiger partial charge in [0.2, 0.25) is 0 Å². The third kappa shape index (κ3) is 2.34. The van der Waals surface area contributed by atoms with Crippen molar-refractivity contribution in [3.8, 4) is 0 Å². The number of carboxylic acids is 2. The minimum atomic E-state index is -1.23. The standard InChI is InChI=1S/C11H11O4/c1-6(2)7-3-4-8(10(12)13)9(5-7)11(14)15/h3-5H,1-2H3,(H,12,13)(H,14,15). The number of carbonyl (C=O) groups is 2. The van der Waals surface area contributed by atoms with E-state index in [2.05, 4.69) is 0 Å². The first-order chi connectivity index (χ1) is 6.93. The lowest BCUT2D eigenvalue weighted by Crippen LogP contribution is -2.09. The Balaban J connectivity index is 3.33. The molecule has 1 rings (SSSR count). The van der Waals surface area contributed by atoms with E-state index < -0.39 is 11.9 Å². The largest absolute Gasteiger partial charge is 0.478 e. The number of hydrogen-bond acceptors (Lipinski definition) is 2. The molecule has 2 N–H and O–H groups in total. The summed E-state index contributed by atoms with van der Waals surface area (Å²) in [4.78, 5) is 21.6. The molecule has 0 amide bonds. The van der Waals surface area contributed by atoms with E-state index in [9.17, 15) is 9.59 Å². The smallest absolute Gasteiger partial charge is 0.336 e. The SMILES string of the molecule is C[C](C)c1ccc(C(=O)O)c(C(=O)O)c1. The van der Waals surface area contributed by atoms with Gasteiger partial charge in [0, 0.05) is 0 Å². The molecule has 79 valence electrons. The summed E-state index contributed by atoms with van der Waals surface area (Å²) in [6.07, 6.45) is 0. The average Bonchev–Trinajstić information content (AvgIpc) is 2.16. The number of carboxylic acid groups (broad SMARTS) is 2. The summed E-state index contributed by atoms with van der Waals surface area (Å²) >= 11 is 0. The summed E-state index contributed by atoms with van der Waals surface area (Å²) in [7, 11) is 0. The lowest BCUT2D eigenvalue weighted by Gasteiger charge is -2.07. The van der Waals surface area contributed by atoms with Gasteiger partial charge in [0.25, 0.3) is 0 Å². The second-order valence-corrected chi connectivity index (χ2v) is 3.37. The van der Waals surface area contributed by atoms with Crippen LogP contribution in [0, 0.1) is 5.92 Å². The van der Waals surface area contributed by atoms with Crippen LogP contribution in [0.1, 0.15) is 40.1 Å². The highest BCUT2D eigenvalue weighted by Gasteiger charge is 2.16. The number of benzene rings is 1. The molecule has 4 heteroatoms. The van der Waals surface area contributed by atoms with E-state index in [0.717, 1.165) is 11.5 Å². The van der Waals surface area contributed by atoms with Crippen molar-refractivity contribution < 1.29 is 19.8 Å². The monoisotopic (exact) mass is 207 g/mol.